The lowest BCUT2D eigenvalue weighted by Gasteiger charge is -2.50. The summed E-state index contributed by atoms with van der Waals surface area (Å²) in [6.07, 6.45) is 10.4. The number of nitrogens with one attached hydrogen (secondary N) is 1. The number of aliphatic hydroxyl groups excluding tert-OH is 2. The third-order valence-corrected chi connectivity index (χ3v) is 10.4. The zero-order valence-corrected chi connectivity index (χ0v) is 24.9. The highest BCUT2D eigenvalue weighted by Gasteiger charge is 2.46. The van der Waals surface area contributed by atoms with Gasteiger partial charge in [-0.3, -0.25) is 4.90 Å². The monoisotopic (exact) mass is 572 g/mol. The number of aryl methyl sites for hydroxylation is 1. The molecule has 3 aliphatic rings. The van der Waals surface area contributed by atoms with Gasteiger partial charge in [-0.05, 0) is 67.6 Å². The lowest BCUT2D eigenvalue weighted by Crippen LogP contribution is -2.54. The number of benzene rings is 1. The maximum Gasteiger partial charge on any atom is 0.165 e. The molecule has 4 aromatic rings. The second kappa shape index (κ2) is 10.6. The Bertz CT molecular complexity index is 1560. The lowest BCUT2D eigenvalue weighted by atomic mass is 9.74. The molecule has 0 radical (unpaired) electrons. The summed E-state index contributed by atoms with van der Waals surface area (Å²) in [4.78, 5) is 23.9. The van der Waals surface area contributed by atoms with E-state index in [-0.39, 0.29) is 17.4 Å². The number of aromatic nitrogens is 6. The topological polar surface area (TPSA) is 142 Å². The summed E-state index contributed by atoms with van der Waals surface area (Å²) in [5.41, 5.74) is 10.7. The first-order chi connectivity index (χ1) is 20.2. The molecule has 10 heteroatoms. The molecule has 224 valence electrons. The number of nitrogens with two attached hydrogens (primary N) is 1. The van der Waals surface area contributed by atoms with E-state index in [4.69, 9.17) is 10.7 Å². The zero-order chi connectivity index (χ0) is 29.2. The van der Waals surface area contributed by atoms with Crippen molar-refractivity contribution in [1.29, 1.82) is 0 Å². The third kappa shape index (κ3) is 4.97. The maximum atomic E-state index is 11.2. The molecule has 42 heavy (non-hydrogen) atoms. The van der Waals surface area contributed by atoms with Crippen LogP contribution < -0.4 is 5.73 Å². The van der Waals surface area contributed by atoms with Crippen LogP contribution >= 0.6 is 0 Å². The number of anilines is 1. The van der Waals surface area contributed by atoms with E-state index in [0.29, 0.717) is 41.4 Å². The number of nitrogens with zero attached hydrogens (tertiary/aromatic N) is 6. The molecule has 3 aliphatic carbocycles. The molecule has 7 rings (SSSR count). The molecule has 3 fully saturated rings. The van der Waals surface area contributed by atoms with Gasteiger partial charge in [0.15, 0.2) is 11.5 Å². The van der Waals surface area contributed by atoms with Crippen LogP contribution in [0.4, 0.5) is 5.82 Å². The van der Waals surface area contributed by atoms with Crippen LogP contribution in [0.15, 0.2) is 30.9 Å². The lowest BCUT2D eigenvalue weighted by molar-refractivity contribution is -0.0338. The molecular formula is C32H44N8O2. The smallest absolute Gasteiger partial charge is 0.165 e. The van der Waals surface area contributed by atoms with Crippen LogP contribution in [0.2, 0.25) is 0 Å². The minimum absolute atomic E-state index is 0.00479. The average Bonchev–Trinajstić information content (AvgIpc) is 3.58. The molecule has 4 atom stereocenters. The van der Waals surface area contributed by atoms with Gasteiger partial charge in [0.1, 0.15) is 23.8 Å². The van der Waals surface area contributed by atoms with Crippen molar-refractivity contribution in [1.82, 2.24) is 34.4 Å². The fourth-order valence-corrected chi connectivity index (χ4v) is 7.45. The molecular weight excluding hydrogens is 528 g/mol. The number of imidazole rings is 2. The van der Waals surface area contributed by atoms with Gasteiger partial charge >= 0.3 is 0 Å². The third-order valence-electron chi connectivity index (χ3n) is 10.4. The molecule has 1 aromatic carbocycles. The van der Waals surface area contributed by atoms with Crippen LogP contribution in [-0.2, 0) is 11.8 Å². The first-order valence-corrected chi connectivity index (χ1v) is 15.7. The van der Waals surface area contributed by atoms with Crippen molar-refractivity contribution in [3.63, 3.8) is 0 Å². The number of hydrogen-bond acceptors (Lipinski definition) is 8. The van der Waals surface area contributed by atoms with Gasteiger partial charge < -0.3 is 25.5 Å². The second-order valence-electron chi connectivity index (χ2n) is 14.1. The number of aromatic amines is 1. The Kier molecular flexibility index (Phi) is 6.98. The largest absolute Gasteiger partial charge is 0.390 e. The van der Waals surface area contributed by atoms with Crippen molar-refractivity contribution < 1.29 is 10.2 Å². The van der Waals surface area contributed by atoms with Gasteiger partial charge in [-0.2, -0.15) is 0 Å². The summed E-state index contributed by atoms with van der Waals surface area (Å²) < 4.78 is 1.87. The number of aliphatic hydroxyl groups is 2. The van der Waals surface area contributed by atoms with Crippen LogP contribution in [0.25, 0.3) is 22.2 Å². The number of hydrogen-bond donors (Lipinski definition) is 4. The predicted octanol–water partition coefficient (Wildman–Crippen LogP) is 4.13. The van der Waals surface area contributed by atoms with E-state index >= 15 is 0 Å². The minimum atomic E-state index is -0.871. The number of rotatable bonds is 8. The molecule has 5 N–H and O–H groups in total. The molecule has 0 spiro atoms. The van der Waals surface area contributed by atoms with Gasteiger partial charge in [0.2, 0.25) is 0 Å². The van der Waals surface area contributed by atoms with E-state index in [0.717, 1.165) is 36.2 Å². The first kappa shape index (κ1) is 27.7. The van der Waals surface area contributed by atoms with Crippen LogP contribution in [0.5, 0.6) is 0 Å². The number of fused-ring (bicyclic) bond motifs is 2. The van der Waals surface area contributed by atoms with Gasteiger partial charge in [-0.1, -0.05) is 33.3 Å². The van der Waals surface area contributed by atoms with Crippen molar-refractivity contribution >= 4 is 28.0 Å². The summed E-state index contributed by atoms with van der Waals surface area (Å²) in [6, 6.07) is 7.45. The van der Waals surface area contributed by atoms with Gasteiger partial charge in [0.25, 0.3) is 0 Å². The summed E-state index contributed by atoms with van der Waals surface area (Å²) in [5, 5.41) is 22.2. The van der Waals surface area contributed by atoms with E-state index in [1.54, 1.807) is 6.33 Å². The molecule has 0 unspecified atom stereocenters. The molecule has 10 nitrogen and oxygen atoms in total. The van der Waals surface area contributed by atoms with Crippen molar-refractivity contribution in [3.05, 3.63) is 42.2 Å². The zero-order valence-electron chi connectivity index (χ0n) is 24.9. The Morgan fingerprint density at radius 3 is 2.60 bits per heavy atom. The quantitative estimate of drug-likeness (QED) is 0.247. The maximum absolute atomic E-state index is 11.2. The Labute approximate surface area is 246 Å². The summed E-state index contributed by atoms with van der Waals surface area (Å²) in [7, 11) is 0. The highest BCUT2D eigenvalue weighted by Crippen LogP contribution is 2.43. The van der Waals surface area contributed by atoms with Gasteiger partial charge in [-0.15, -0.1) is 0 Å². The second-order valence-corrected chi connectivity index (χ2v) is 14.1. The Balaban J connectivity index is 0.977. The van der Waals surface area contributed by atoms with E-state index in [2.05, 4.69) is 63.8 Å². The Morgan fingerprint density at radius 1 is 1.05 bits per heavy atom. The molecule has 3 saturated carbocycles. The van der Waals surface area contributed by atoms with Crippen LogP contribution in [0, 0.1) is 11.8 Å². The molecule has 0 saturated heterocycles. The number of H-pyrrole nitrogens is 1. The highest BCUT2D eigenvalue weighted by molar-refractivity contribution is 5.81. The Hall–Kier alpha value is -3.08. The molecule has 0 aliphatic heterocycles. The predicted molar refractivity (Wildman–Crippen MR) is 163 cm³/mol. The highest BCUT2D eigenvalue weighted by atomic mass is 16.3. The van der Waals surface area contributed by atoms with Gasteiger partial charge in [0.05, 0.1) is 29.5 Å². The summed E-state index contributed by atoms with van der Waals surface area (Å²) in [6.45, 7) is 7.54. The summed E-state index contributed by atoms with van der Waals surface area (Å²) >= 11 is 0. The van der Waals surface area contributed by atoms with Gasteiger partial charge in [0, 0.05) is 31.0 Å². The standard InChI is InChI=1S/C32H44N8O2/c1-32(2,3)20-8-9-23-24(14-20)38-26(37-23)10-7-18-11-22(12-18)39(21-5-4-6-21)15-19-13-25(29(42)28(19)41)40-17-36-27-30(33)34-16-35-31(27)40/h8-9,14,16-19,21-22,25,28-29,41-42H,4-7,10-13,15H2,1-3H3,(H,37,38)(H2,33,34,35)/t18-,19-,22+,25-,28-,29+/m1/s1. The van der Waals surface area contributed by atoms with Crippen LogP contribution in [-0.4, -0.2) is 75.4 Å². The van der Waals surface area contributed by atoms with Crippen molar-refractivity contribution in [2.24, 2.45) is 11.8 Å². The Morgan fingerprint density at radius 2 is 1.86 bits per heavy atom. The fourth-order valence-electron chi connectivity index (χ4n) is 7.45. The van der Waals surface area contributed by atoms with Crippen LogP contribution in [0.3, 0.4) is 0 Å². The van der Waals surface area contributed by atoms with Crippen molar-refractivity contribution in [2.45, 2.75) is 108 Å². The first-order valence-electron chi connectivity index (χ1n) is 15.7. The van der Waals surface area contributed by atoms with E-state index in [1.165, 1.54) is 44.0 Å². The van der Waals surface area contributed by atoms with E-state index in [1.807, 2.05) is 4.57 Å². The average molecular weight is 573 g/mol. The van der Waals surface area contributed by atoms with Crippen molar-refractivity contribution in [2.75, 3.05) is 12.3 Å². The SMILES string of the molecule is CC(C)(C)c1ccc2[nH]c(CC[C@H]3C[C@@H](N(C[C@H]4C[C@@H](n5cnc6c(N)ncnc65)[C@H](O)[C@@H]4O)C4CCC4)C3)nc2c1. The fraction of sp³-hybridized carbons (Fsp3) is 0.625. The normalized spacial score (nSPS) is 28.5. The molecule has 0 amide bonds. The molecule has 3 aromatic heterocycles. The molecule has 0 bridgehead atoms. The molecule has 3 heterocycles. The van der Waals surface area contributed by atoms with E-state index in [9.17, 15) is 10.2 Å². The van der Waals surface area contributed by atoms with Crippen molar-refractivity contribution in [3.8, 4) is 0 Å². The minimum Gasteiger partial charge on any atom is -0.390 e. The van der Waals surface area contributed by atoms with Gasteiger partial charge in [-0.25, -0.2) is 19.9 Å². The van der Waals surface area contributed by atoms with Crippen LogP contribution in [0.1, 0.15) is 83.1 Å². The number of nitrogen functional groups attached to an aromatic ring is 1. The summed E-state index contributed by atoms with van der Waals surface area (Å²) in [5.74, 6) is 2.11. The van der Waals surface area contributed by atoms with E-state index < -0.39 is 12.2 Å².